The van der Waals surface area contributed by atoms with Gasteiger partial charge in [0.25, 0.3) is 0 Å². The van der Waals surface area contributed by atoms with Gasteiger partial charge in [-0.15, -0.1) is 0 Å². The van der Waals surface area contributed by atoms with Crippen molar-refractivity contribution < 1.29 is 4.74 Å². The molecule has 7 nitrogen and oxygen atoms in total. The Bertz CT molecular complexity index is 929. The molecule has 1 aliphatic heterocycles. The Morgan fingerprint density at radius 3 is 2.81 bits per heavy atom. The minimum atomic E-state index is -0.174. The van der Waals surface area contributed by atoms with Crippen LogP contribution in [-0.2, 0) is 10.2 Å². The first-order valence-corrected chi connectivity index (χ1v) is 8.97. The van der Waals surface area contributed by atoms with Gasteiger partial charge in [0.1, 0.15) is 11.5 Å². The topological polar surface area (TPSA) is 79.8 Å². The third kappa shape index (κ3) is 3.03. The lowest BCUT2D eigenvalue weighted by molar-refractivity contribution is 0.0980. The van der Waals surface area contributed by atoms with Gasteiger partial charge in [-0.25, -0.2) is 9.97 Å². The predicted octanol–water partition coefficient (Wildman–Crippen LogP) is 2.94. The molecule has 3 aromatic rings. The van der Waals surface area contributed by atoms with Crippen LogP contribution >= 0.6 is 0 Å². The molecule has 0 aliphatic carbocycles. The van der Waals surface area contributed by atoms with Crippen molar-refractivity contribution in [1.82, 2.24) is 24.9 Å². The molecule has 0 unspecified atom stereocenters. The first kappa shape index (κ1) is 16.9. The molecular formula is C19H24N6O. The number of aromatic nitrogens is 5. The van der Waals surface area contributed by atoms with Gasteiger partial charge in [0.15, 0.2) is 5.82 Å². The van der Waals surface area contributed by atoms with E-state index in [1.54, 1.807) is 6.20 Å². The molecule has 0 aromatic carbocycles. The summed E-state index contributed by atoms with van der Waals surface area (Å²) in [4.78, 5) is 24.2. The van der Waals surface area contributed by atoms with Crippen molar-refractivity contribution in [2.24, 2.45) is 0 Å². The van der Waals surface area contributed by atoms with E-state index < -0.39 is 0 Å². The average Bonchev–Trinajstić information content (AvgIpc) is 3.09. The number of anilines is 1. The second kappa shape index (κ2) is 6.32. The molecule has 1 fully saturated rings. The van der Waals surface area contributed by atoms with Gasteiger partial charge in [0, 0.05) is 35.3 Å². The van der Waals surface area contributed by atoms with E-state index in [1.165, 1.54) is 0 Å². The number of aromatic amines is 1. The number of pyridine rings is 1. The number of rotatable bonds is 2. The van der Waals surface area contributed by atoms with Gasteiger partial charge in [0.2, 0.25) is 5.95 Å². The van der Waals surface area contributed by atoms with Gasteiger partial charge in [-0.05, 0) is 19.1 Å². The molecule has 7 heteroatoms. The Labute approximate surface area is 152 Å². The standard InChI is InChI=1S/C19H24N6O/c1-12-11-26-10-9-25(12)18-23-16(22-17(24-18)19(2,3)4)14-6-8-21-15-13(14)5-7-20-15/h5-8,12H,9-11H2,1-4H3,(H,20,21)/t12-/m1/s1. The molecule has 1 atom stereocenters. The van der Waals surface area contributed by atoms with Crippen molar-refractivity contribution in [2.45, 2.75) is 39.2 Å². The highest BCUT2D eigenvalue weighted by molar-refractivity contribution is 5.90. The molecule has 4 rings (SSSR count). The summed E-state index contributed by atoms with van der Waals surface area (Å²) in [5.74, 6) is 2.19. The Balaban J connectivity index is 1.89. The summed E-state index contributed by atoms with van der Waals surface area (Å²) >= 11 is 0. The predicted molar refractivity (Wildman–Crippen MR) is 101 cm³/mol. The number of ether oxygens (including phenoxy) is 1. The average molecular weight is 352 g/mol. The van der Waals surface area contributed by atoms with Crippen LogP contribution in [0.2, 0.25) is 0 Å². The lowest BCUT2D eigenvalue weighted by Crippen LogP contribution is -2.45. The third-order valence-corrected chi connectivity index (χ3v) is 4.62. The first-order valence-electron chi connectivity index (χ1n) is 8.97. The SMILES string of the molecule is C[C@@H]1COCCN1c1nc(-c2ccnc3[nH]ccc23)nc(C(C)(C)C)n1. The van der Waals surface area contributed by atoms with Crippen LogP contribution in [0.4, 0.5) is 5.95 Å². The number of fused-ring (bicyclic) bond motifs is 1. The fourth-order valence-electron chi connectivity index (χ4n) is 3.13. The molecule has 26 heavy (non-hydrogen) atoms. The molecule has 1 aliphatic rings. The fraction of sp³-hybridized carbons (Fsp3) is 0.474. The minimum Gasteiger partial charge on any atom is -0.377 e. The highest BCUT2D eigenvalue weighted by Gasteiger charge is 2.26. The zero-order valence-electron chi connectivity index (χ0n) is 15.7. The fourth-order valence-corrected chi connectivity index (χ4v) is 3.13. The van der Waals surface area contributed by atoms with Crippen LogP contribution < -0.4 is 4.90 Å². The number of nitrogens with zero attached hydrogens (tertiary/aromatic N) is 5. The number of H-pyrrole nitrogens is 1. The summed E-state index contributed by atoms with van der Waals surface area (Å²) in [6, 6.07) is 4.20. The van der Waals surface area contributed by atoms with Gasteiger partial charge in [-0.2, -0.15) is 9.97 Å². The molecular weight excluding hydrogens is 328 g/mol. The van der Waals surface area contributed by atoms with Crippen molar-refractivity contribution in [3.63, 3.8) is 0 Å². The molecule has 0 spiro atoms. The van der Waals surface area contributed by atoms with E-state index in [9.17, 15) is 0 Å². The van der Waals surface area contributed by atoms with E-state index in [0.29, 0.717) is 19.0 Å². The summed E-state index contributed by atoms with van der Waals surface area (Å²) in [5, 5.41) is 1.01. The maximum absolute atomic E-state index is 5.57. The molecule has 136 valence electrons. The summed E-state index contributed by atoms with van der Waals surface area (Å²) in [7, 11) is 0. The van der Waals surface area contributed by atoms with Gasteiger partial charge in [0.05, 0.1) is 19.3 Å². The normalized spacial score (nSPS) is 18.5. The summed E-state index contributed by atoms with van der Waals surface area (Å²) < 4.78 is 5.57. The van der Waals surface area contributed by atoms with E-state index in [2.05, 4.69) is 42.6 Å². The van der Waals surface area contributed by atoms with Crippen LogP contribution in [0.1, 0.15) is 33.5 Å². The van der Waals surface area contributed by atoms with Gasteiger partial charge in [-0.1, -0.05) is 20.8 Å². The summed E-state index contributed by atoms with van der Waals surface area (Å²) in [6.45, 7) is 10.7. The van der Waals surface area contributed by atoms with Crippen molar-refractivity contribution >= 4 is 17.0 Å². The van der Waals surface area contributed by atoms with Gasteiger partial charge < -0.3 is 14.6 Å². The van der Waals surface area contributed by atoms with Crippen molar-refractivity contribution in [2.75, 3.05) is 24.7 Å². The Morgan fingerprint density at radius 1 is 1.19 bits per heavy atom. The highest BCUT2D eigenvalue weighted by atomic mass is 16.5. The molecule has 0 amide bonds. The maximum atomic E-state index is 5.57. The molecule has 0 radical (unpaired) electrons. The van der Waals surface area contributed by atoms with Crippen molar-refractivity contribution in [3.05, 3.63) is 30.4 Å². The largest absolute Gasteiger partial charge is 0.377 e. The van der Waals surface area contributed by atoms with Crippen LogP contribution in [0.5, 0.6) is 0 Å². The van der Waals surface area contributed by atoms with Crippen LogP contribution in [0, 0.1) is 0 Å². The van der Waals surface area contributed by atoms with Gasteiger partial charge in [-0.3, -0.25) is 0 Å². The summed E-state index contributed by atoms with van der Waals surface area (Å²) in [6.07, 6.45) is 3.67. The quantitative estimate of drug-likeness (QED) is 0.764. The van der Waals surface area contributed by atoms with E-state index in [-0.39, 0.29) is 11.5 Å². The number of morpholine rings is 1. The zero-order chi connectivity index (χ0) is 18.3. The maximum Gasteiger partial charge on any atom is 0.229 e. The number of hydrogen-bond donors (Lipinski definition) is 1. The highest BCUT2D eigenvalue weighted by Crippen LogP contribution is 2.29. The second-order valence-electron chi connectivity index (χ2n) is 7.75. The van der Waals surface area contributed by atoms with Crippen molar-refractivity contribution in [1.29, 1.82) is 0 Å². The molecule has 0 bridgehead atoms. The first-order chi connectivity index (χ1) is 12.4. The Hall–Kier alpha value is -2.54. The molecule has 0 saturated carbocycles. The zero-order valence-corrected chi connectivity index (χ0v) is 15.7. The van der Waals surface area contributed by atoms with Crippen LogP contribution in [0.25, 0.3) is 22.4 Å². The smallest absolute Gasteiger partial charge is 0.229 e. The molecule has 1 saturated heterocycles. The second-order valence-corrected chi connectivity index (χ2v) is 7.75. The minimum absolute atomic E-state index is 0.174. The van der Waals surface area contributed by atoms with Gasteiger partial charge >= 0.3 is 0 Å². The molecule has 1 N–H and O–H groups in total. The van der Waals surface area contributed by atoms with E-state index in [1.807, 2.05) is 18.3 Å². The Morgan fingerprint density at radius 2 is 2.04 bits per heavy atom. The molecule has 4 heterocycles. The number of hydrogen-bond acceptors (Lipinski definition) is 6. The van der Waals surface area contributed by atoms with Crippen molar-refractivity contribution in [3.8, 4) is 11.4 Å². The lowest BCUT2D eigenvalue weighted by atomic mass is 9.95. The number of nitrogens with one attached hydrogen (secondary N) is 1. The third-order valence-electron chi connectivity index (χ3n) is 4.62. The lowest BCUT2D eigenvalue weighted by Gasteiger charge is -2.34. The summed E-state index contributed by atoms with van der Waals surface area (Å²) in [5.41, 5.74) is 1.62. The van der Waals surface area contributed by atoms with Crippen LogP contribution in [0.3, 0.4) is 0 Å². The van der Waals surface area contributed by atoms with E-state index >= 15 is 0 Å². The van der Waals surface area contributed by atoms with Crippen LogP contribution in [0.15, 0.2) is 24.5 Å². The van der Waals surface area contributed by atoms with E-state index in [4.69, 9.17) is 19.7 Å². The molecule has 3 aromatic heterocycles. The Kier molecular flexibility index (Phi) is 4.11. The van der Waals surface area contributed by atoms with E-state index in [0.717, 1.165) is 34.9 Å². The van der Waals surface area contributed by atoms with Crippen LogP contribution in [-0.4, -0.2) is 50.7 Å². The monoisotopic (exact) mass is 352 g/mol.